The normalized spacial score (nSPS) is 18.6. The van der Waals surface area contributed by atoms with Crippen molar-refractivity contribution in [2.24, 2.45) is 0 Å². The molecule has 0 spiro atoms. The van der Waals surface area contributed by atoms with Gasteiger partial charge in [-0.25, -0.2) is 4.98 Å². The van der Waals surface area contributed by atoms with E-state index in [1.165, 1.54) is 0 Å². The van der Waals surface area contributed by atoms with Crippen LogP contribution in [0.2, 0.25) is 0 Å². The molecule has 0 fully saturated rings. The molecule has 1 atom stereocenters. The van der Waals surface area contributed by atoms with Gasteiger partial charge in [-0.05, 0) is 25.3 Å². The molecule has 19 heavy (non-hydrogen) atoms. The standard InChI is InChI=1S/C14H13F3N2/c1-9-6-7-10-4-2-3-5-11(10)13-18-12(8-19(9)13)14(15,16)17/h2-5,8-9H,6-7H2,1H3. The highest BCUT2D eigenvalue weighted by atomic mass is 19.4. The maximum Gasteiger partial charge on any atom is 0.434 e. The third kappa shape index (κ3) is 2.03. The molecule has 0 amide bonds. The lowest BCUT2D eigenvalue weighted by Gasteiger charge is -2.11. The minimum Gasteiger partial charge on any atom is -0.328 e. The van der Waals surface area contributed by atoms with Crippen molar-refractivity contribution in [2.45, 2.75) is 32.0 Å². The van der Waals surface area contributed by atoms with E-state index in [1.807, 2.05) is 31.2 Å². The van der Waals surface area contributed by atoms with Crippen LogP contribution in [0.4, 0.5) is 13.2 Å². The fourth-order valence-electron chi connectivity index (χ4n) is 2.53. The molecule has 2 aromatic rings. The van der Waals surface area contributed by atoms with Gasteiger partial charge in [0.1, 0.15) is 5.82 Å². The molecule has 1 aromatic heterocycles. The molecule has 1 aromatic carbocycles. The number of aryl methyl sites for hydroxylation is 1. The van der Waals surface area contributed by atoms with Crippen LogP contribution in [0.3, 0.4) is 0 Å². The monoisotopic (exact) mass is 266 g/mol. The number of rotatable bonds is 0. The van der Waals surface area contributed by atoms with Crippen molar-refractivity contribution in [3.63, 3.8) is 0 Å². The quantitative estimate of drug-likeness (QED) is 0.702. The highest BCUT2D eigenvalue weighted by Crippen LogP contribution is 2.36. The Kier molecular flexibility index (Phi) is 2.66. The molecular formula is C14H13F3N2. The zero-order chi connectivity index (χ0) is 13.6. The molecule has 0 N–H and O–H groups in total. The van der Waals surface area contributed by atoms with E-state index in [4.69, 9.17) is 0 Å². The van der Waals surface area contributed by atoms with Crippen molar-refractivity contribution in [2.75, 3.05) is 0 Å². The first kappa shape index (κ1) is 12.3. The molecule has 0 saturated carbocycles. The van der Waals surface area contributed by atoms with Gasteiger partial charge in [-0.3, -0.25) is 0 Å². The van der Waals surface area contributed by atoms with Crippen LogP contribution in [0, 0.1) is 0 Å². The molecular weight excluding hydrogens is 253 g/mol. The van der Waals surface area contributed by atoms with Gasteiger partial charge >= 0.3 is 6.18 Å². The first-order valence-electron chi connectivity index (χ1n) is 6.21. The summed E-state index contributed by atoms with van der Waals surface area (Å²) in [4.78, 5) is 3.81. The van der Waals surface area contributed by atoms with Gasteiger partial charge in [0.25, 0.3) is 0 Å². The predicted molar refractivity (Wildman–Crippen MR) is 65.7 cm³/mol. The van der Waals surface area contributed by atoms with E-state index in [1.54, 1.807) is 4.57 Å². The molecule has 3 rings (SSSR count). The number of benzene rings is 1. The van der Waals surface area contributed by atoms with Crippen molar-refractivity contribution in [3.05, 3.63) is 41.7 Å². The molecule has 1 unspecified atom stereocenters. The molecule has 2 heterocycles. The summed E-state index contributed by atoms with van der Waals surface area (Å²) in [5, 5.41) is 0. The van der Waals surface area contributed by atoms with Gasteiger partial charge in [-0.15, -0.1) is 0 Å². The Morgan fingerprint density at radius 3 is 2.74 bits per heavy atom. The maximum atomic E-state index is 12.8. The van der Waals surface area contributed by atoms with E-state index in [0.717, 1.165) is 30.2 Å². The van der Waals surface area contributed by atoms with Crippen molar-refractivity contribution in [3.8, 4) is 11.4 Å². The number of imidazole rings is 1. The smallest absolute Gasteiger partial charge is 0.328 e. The summed E-state index contributed by atoms with van der Waals surface area (Å²) >= 11 is 0. The van der Waals surface area contributed by atoms with Gasteiger partial charge in [0.2, 0.25) is 0 Å². The lowest BCUT2D eigenvalue weighted by atomic mass is 10.0. The van der Waals surface area contributed by atoms with Crippen LogP contribution < -0.4 is 0 Å². The Hall–Kier alpha value is -1.78. The molecule has 0 aliphatic carbocycles. The largest absolute Gasteiger partial charge is 0.434 e. The van der Waals surface area contributed by atoms with Gasteiger partial charge < -0.3 is 4.57 Å². The number of fused-ring (bicyclic) bond motifs is 3. The van der Waals surface area contributed by atoms with Crippen molar-refractivity contribution in [1.82, 2.24) is 9.55 Å². The number of nitrogens with zero attached hydrogens (tertiary/aromatic N) is 2. The fraction of sp³-hybridized carbons (Fsp3) is 0.357. The van der Waals surface area contributed by atoms with Crippen LogP contribution in [-0.4, -0.2) is 9.55 Å². The average Bonchev–Trinajstić information content (AvgIpc) is 2.76. The summed E-state index contributed by atoms with van der Waals surface area (Å²) in [5.41, 5.74) is 1.06. The van der Waals surface area contributed by atoms with Crippen LogP contribution in [0.25, 0.3) is 11.4 Å². The SMILES string of the molecule is CC1CCc2ccccc2-c2nc(C(F)(F)F)cn21. The molecule has 100 valence electrons. The summed E-state index contributed by atoms with van der Waals surface area (Å²) in [6, 6.07) is 7.56. The lowest BCUT2D eigenvalue weighted by Crippen LogP contribution is -2.06. The van der Waals surface area contributed by atoms with E-state index >= 15 is 0 Å². The van der Waals surface area contributed by atoms with E-state index in [2.05, 4.69) is 4.98 Å². The van der Waals surface area contributed by atoms with Gasteiger partial charge in [0.05, 0.1) is 0 Å². The van der Waals surface area contributed by atoms with Crippen LogP contribution in [0.15, 0.2) is 30.5 Å². The summed E-state index contributed by atoms with van der Waals surface area (Å²) in [7, 11) is 0. The Labute approximate surface area is 108 Å². The van der Waals surface area contributed by atoms with Gasteiger partial charge in [0, 0.05) is 17.8 Å². The second-order valence-electron chi connectivity index (χ2n) is 4.90. The zero-order valence-corrected chi connectivity index (χ0v) is 10.4. The van der Waals surface area contributed by atoms with Gasteiger partial charge in [-0.2, -0.15) is 13.2 Å². The third-order valence-corrected chi connectivity index (χ3v) is 3.59. The molecule has 2 nitrogen and oxygen atoms in total. The topological polar surface area (TPSA) is 17.8 Å². The minimum atomic E-state index is -4.39. The van der Waals surface area contributed by atoms with E-state index in [0.29, 0.717) is 5.82 Å². The molecule has 0 saturated heterocycles. The second-order valence-corrected chi connectivity index (χ2v) is 4.90. The number of hydrogen-bond acceptors (Lipinski definition) is 1. The van der Waals surface area contributed by atoms with Crippen LogP contribution in [0.5, 0.6) is 0 Å². The lowest BCUT2D eigenvalue weighted by molar-refractivity contribution is -0.140. The van der Waals surface area contributed by atoms with Crippen LogP contribution in [-0.2, 0) is 12.6 Å². The number of alkyl halides is 3. The Morgan fingerprint density at radius 2 is 2.00 bits per heavy atom. The van der Waals surface area contributed by atoms with Gasteiger partial charge in [0.15, 0.2) is 5.69 Å². The van der Waals surface area contributed by atoms with Crippen LogP contribution >= 0.6 is 0 Å². The predicted octanol–water partition coefficient (Wildman–Crippen LogP) is 4.08. The number of halogens is 3. The maximum absolute atomic E-state index is 12.8. The molecule has 0 bridgehead atoms. The van der Waals surface area contributed by atoms with Crippen LogP contribution in [0.1, 0.15) is 30.6 Å². The summed E-state index contributed by atoms with van der Waals surface area (Å²) < 4.78 is 40.1. The number of aromatic nitrogens is 2. The first-order chi connectivity index (χ1) is 8.97. The first-order valence-corrected chi connectivity index (χ1v) is 6.21. The van der Waals surface area contributed by atoms with E-state index in [-0.39, 0.29) is 6.04 Å². The second kappa shape index (κ2) is 4.11. The van der Waals surface area contributed by atoms with Gasteiger partial charge in [-0.1, -0.05) is 24.3 Å². The average molecular weight is 266 g/mol. The zero-order valence-electron chi connectivity index (χ0n) is 10.4. The van der Waals surface area contributed by atoms with E-state index in [9.17, 15) is 13.2 Å². The Morgan fingerprint density at radius 1 is 1.26 bits per heavy atom. The molecule has 0 radical (unpaired) electrons. The van der Waals surface area contributed by atoms with E-state index < -0.39 is 11.9 Å². The Bertz CT molecular complexity index is 613. The summed E-state index contributed by atoms with van der Waals surface area (Å²) in [5.74, 6) is 0.424. The highest BCUT2D eigenvalue weighted by molar-refractivity contribution is 5.62. The highest BCUT2D eigenvalue weighted by Gasteiger charge is 2.36. The van der Waals surface area contributed by atoms with Crippen molar-refractivity contribution < 1.29 is 13.2 Å². The minimum absolute atomic E-state index is 0.0194. The molecule has 1 aliphatic heterocycles. The third-order valence-electron chi connectivity index (χ3n) is 3.59. The summed E-state index contributed by atoms with van der Waals surface area (Å²) in [6.07, 6.45) is -1.59. The fourth-order valence-corrected chi connectivity index (χ4v) is 2.53. The van der Waals surface area contributed by atoms with Crippen molar-refractivity contribution in [1.29, 1.82) is 0 Å². The molecule has 1 aliphatic rings. The molecule has 5 heteroatoms. The Balaban J connectivity index is 2.22. The summed E-state index contributed by atoms with van der Waals surface area (Å²) in [6.45, 7) is 1.93. The van der Waals surface area contributed by atoms with Crippen molar-refractivity contribution >= 4 is 0 Å². The number of hydrogen-bond donors (Lipinski definition) is 0.